The average Bonchev–Trinajstić information content (AvgIpc) is 1.13. The molecule has 1 saturated heterocycles. The number of allylic oxidation sites excluding steroid dienone is 16. The molecule has 11 nitrogen and oxygen atoms in total. The van der Waals surface area contributed by atoms with Crippen molar-refractivity contribution in [3.63, 3.8) is 0 Å². The molecule has 96 heavy (non-hydrogen) atoms. The van der Waals surface area contributed by atoms with Crippen LogP contribution in [-0.2, 0) is 42.9 Å². The van der Waals surface area contributed by atoms with Crippen LogP contribution < -0.4 is 0 Å². The Balaban J connectivity index is 2.81. The summed E-state index contributed by atoms with van der Waals surface area (Å²) in [6.45, 7) is 10.9. The average molecular weight is 1340 g/mol. The maximum Gasteiger partial charge on any atom is 0.306 e. The van der Waals surface area contributed by atoms with Crippen LogP contribution in [0.4, 0.5) is 0 Å². The lowest BCUT2D eigenvalue weighted by molar-refractivity contribution is -0.164. The Morgan fingerprint density at radius 3 is 0.927 bits per heavy atom. The number of likely N-dealkylation sites (tertiary alicyclic amines) is 1. The number of piperidine rings is 1. The number of ether oxygens (including phenoxy) is 4. The maximum absolute atomic E-state index is 14.1. The van der Waals surface area contributed by atoms with Crippen LogP contribution in [0, 0.1) is 5.92 Å². The van der Waals surface area contributed by atoms with E-state index < -0.39 is 6.10 Å². The topological polar surface area (TPSA) is 129 Å². The van der Waals surface area contributed by atoms with Crippen molar-refractivity contribution in [2.45, 2.75) is 355 Å². The summed E-state index contributed by atoms with van der Waals surface area (Å²) in [7, 11) is 0. The predicted molar refractivity (Wildman–Crippen MR) is 406 cm³/mol. The fourth-order valence-corrected chi connectivity index (χ4v) is 11.9. The van der Waals surface area contributed by atoms with E-state index in [2.05, 4.69) is 130 Å². The van der Waals surface area contributed by atoms with E-state index in [0.29, 0.717) is 51.6 Å². The number of hydrogen-bond donors (Lipinski definition) is 0. The van der Waals surface area contributed by atoms with Crippen molar-refractivity contribution in [3.8, 4) is 0 Å². The molecule has 0 saturated carbocycles. The minimum Gasteiger partial charge on any atom is -0.464 e. The second-order valence-electron chi connectivity index (χ2n) is 27.1. The normalized spacial score (nSPS) is 13.8. The van der Waals surface area contributed by atoms with Gasteiger partial charge in [-0.15, -0.1) is 0 Å². The molecule has 0 aromatic rings. The molecule has 1 unspecified atom stereocenters. The van der Waals surface area contributed by atoms with Crippen LogP contribution in [0.1, 0.15) is 349 Å². The molecule has 0 radical (unpaired) electrons. The third-order valence-electron chi connectivity index (χ3n) is 18.1. The number of esters is 4. The molecule has 1 aliphatic rings. The lowest BCUT2D eigenvalue weighted by atomic mass is 9.91. The van der Waals surface area contributed by atoms with Gasteiger partial charge in [-0.05, 0) is 180 Å². The van der Waals surface area contributed by atoms with Crippen LogP contribution >= 0.6 is 0 Å². The van der Waals surface area contributed by atoms with Gasteiger partial charge in [0.15, 0.2) is 0 Å². The van der Waals surface area contributed by atoms with Gasteiger partial charge in [-0.3, -0.25) is 28.9 Å². The molecule has 1 aliphatic heterocycles. The largest absolute Gasteiger partial charge is 0.464 e. The lowest BCUT2D eigenvalue weighted by Gasteiger charge is -2.36. The van der Waals surface area contributed by atoms with E-state index >= 15 is 0 Å². The van der Waals surface area contributed by atoms with E-state index in [9.17, 15) is 24.0 Å². The van der Waals surface area contributed by atoms with Gasteiger partial charge in [0, 0.05) is 31.6 Å². The Labute approximate surface area is 590 Å². The van der Waals surface area contributed by atoms with Gasteiger partial charge in [-0.25, -0.2) is 0 Å². The number of amides is 1. The second kappa shape index (κ2) is 71.5. The Morgan fingerprint density at radius 1 is 0.344 bits per heavy atom. The molecule has 0 bridgehead atoms. The standard InChI is InChI=1S/C85H146N2O9/c1-5-9-13-17-21-25-29-33-37-41-45-49-53-57-61-65-82(89)93-75-73-87(74-76-94-83(90)66-62-58-54-50-46-42-38-34-30-26-22-18-14-10-6-2)81(88)77-86-71-69-79(70-72-86)80(96-85(92)68-64-60-56-52-48-44-40-36-32-28-24-20-16-12-8-4)78-95-84(91)67-63-59-55-51-47-43-39-35-31-27-23-19-15-11-7-3/h21-28,33-40,79-80H,5-20,29-32,41-78H2,1-4H3/b25-21-,26-22-,27-23-,28-24-,37-33-,38-34-,39-35-,40-36-. The van der Waals surface area contributed by atoms with E-state index in [-0.39, 0.29) is 75.2 Å². The molecule has 0 aromatic heterocycles. The van der Waals surface area contributed by atoms with Gasteiger partial charge in [0.25, 0.3) is 0 Å². The second-order valence-corrected chi connectivity index (χ2v) is 27.1. The minimum absolute atomic E-state index is 0.0254. The molecule has 1 heterocycles. The number of hydrogen-bond acceptors (Lipinski definition) is 10. The third kappa shape index (κ3) is 61.6. The zero-order valence-electron chi connectivity index (χ0n) is 62.5. The maximum atomic E-state index is 14.1. The quantitative estimate of drug-likeness (QED) is 0.0251. The number of carbonyl (C=O) groups is 5. The Hall–Kier alpha value is -4.77. The van der Waals surface area contributed by atoms with Crippen molar-refractivity contribution in [1.82, 2.24) is 9.80 Å². The zero-order chi connectivity index (χ0) is 69.4. The summed E-state index contributed by atoms with van der Waals surface area (Å²) in [6, 6.07) is 0. The minimum atomic E-state index is -0.558. The first-order valence-corrected chi connectivity index (χ1v) is 40.1. The smallest absolute Gasteiger partial charge is 0.306 e. The first kappa shape index (κ1) is 89.2. The number of unbranched alkanes of at least 4 members (excludes halogenated alkanes) is 32. The molecule has 1 fully saturated rings. The fourth-order valence-electron chi connectivity index (χ4n) is 11.9. The molecule has 0 aliphatic carbocycles. The highest BCUT2D eigenvalue weighted by Gasteiger charge is 2.32. The number of rotatable bonds is 68. The summed E-state index contributed by atoms with van der Waals surface area (Å²) in [4.78, 5) is 70.3. The summed E-state index contributed by atoms with van der Waals surface area (Å²) in [5, 5.41) is 0. The van der Waals surface area contributed by atoms with Crippen molar-refractivity contribution in [1.29, 1.82) is 0 Å². The highest BCUT2D eigenvalue weighted by Crippen LogP contribution is 2.25. The van der Waals surface area contributed by atoms with E-state index in [1.54, 1.807) is 4.90 Å². The van der Waals surface area contributed by atoms with Gasteiger partial charge in [-0.2, -0.15) is 0 Å². The molecule has 550 valence electrons. The SMILES string of the molecule is CCCCC/C=C\C/C=C\CCCCCCCC(=O)OCCN(CCOC(=O)CCCCCCC/C=C\C/C=C\CCCCC)C(=O)CN1CCC(C(COC(=O)CCCCCCC/C=C\C/C=C\CCCCC)OC(=O)CCCCCCC/C=C\C/C=C\CCCCC)CC1. The summed E-state index contributed by atoms with van der Waals surface area (Å²) in [5.41, 5.74) is 0. The van der Waals surface area contributed by atoms with Crippen molar-refractivity contribution in [2.75, 3.05) is 52.5 Å². The van der Waals surface area contributed by atoms with E-state index in [1.165, 1.54) is 103 Å². The summed E-state index contributed by atoms with van der Waals surface area (Å²) >= 11 is 0. The van der Waals surface area contributed by atoms with Gasteiger partial charge in [0.1, 0.15) is 25.9 Å². The van der Waals surface area contributed by atoms with Crippen LogP contribution in [-0.4, -0.2) is 98.2 Å². The van der Waals surface area contributed by atoms with E-state index in [1.807, 2.05) is 0 Å². The first-order valence-electron chi connectivity index (χ1n) is 40.1. The highest BCUT2D eigenvalue weighted by molar-refractivity contribution is 5.78. The Kier molecular flexibility index (Phi) is 66.5. The summed E-state index contributed by atoms with van der Waals surface area (Å²) < 4.78 is 23.5. The number of nitrogens with zero attached hydrogens (tertiary/aromatic N) is 2. The molecule has 11 heteroatoms. The lowest BCUT2D eigenvalue weighted by Crippen LogP contribution is -2.47. The molecule has 0 N–H and O–H groups in total. The van der Waals surface area contributed by atoms with E-state index in [4.69, 9.17) is 18.9 Å². The van der Waals surface area contributed by atoms with Crippen LogP contribution in [0.2, 0.25) is 0 Å². The summed E-state index contributed by atoms with van der Waals surface area (Å²) in [6.07, 6.45) is 87.5. The molecule has 1 rings (SSSR count). The van der Waals surface area contributed by atoms with Gasteiger partial charge >= 0.3 is 23.9 Å². The van der Waals surface area contributed by atoms with Crippen molar-refractivity contribution in [2.24, 2.45) is 5.92 Å². The molecule has 0 spiro atoms. The van der Waals surface area contributed by atoms with Gasteiger partial charge < -0.3 is 23.8 Å². The predicted octanol–water partition coefficient (Wildman–Crippen LogP) is 23.3. The molecule has 1 atom stereocenters. The van der Waals surface area contributed by atoms with Crippen molar-refractivity contribution >= 4 is 29.8 Å². The first-order chi connectivity index (χ1) is 47.2. The molecular weight excluding hydrogens is 1190 g/mol. The highest BCUT2D eigenvalue weighted by atomic mass is 16.6. The molecular formula is C85H146N2O9. The van der Waals surface area contributed by atoms with Crippen LogP contribution in [0.3, 0.4) is 0 Å². The molecule has 1 amide bonds. The van der Waals surface area contributed by atoms with Crippen molar-refractivity contribution < 1.29 is 42.9 Å². The Bertz CT molecular complexity index is 2000. The Morgan fingerprint density at radius 2 is 0.615 bits per heavy atom. The van der Waals surface area contributed by atoms with Crippen LogP contribution in [0.25, 0.3) is 0 Å². The third-order valence-corrected chi connectivity index (χ3v) is 18.1. The fraction of sp³-hybridized carbons (Fsp3) is 0.753. The summed E-state index contributed by atoms with van der Waals surface area (Å²) in [5.74, 6) is -1.16. The van der Waals surface area contributed by atoms with Gasteiger partial charge in [0.05, 0.1) is 19.6 Å². The molecule has 0 aromatic carbocycles. The van der Waals surface area contributed by atoms with Crippen LogP contribution in [0.5, 0.6) is 0 Å². The van der Waals surface area contributed by atoms with Gasteiger partial charge in [0.2, 0.25) is 5.91 Å². The van der Waals surface area contributed by atoms with Crippen molar-refractivity contribution in [3.05, 3.63) is 97.2 Å². The van der Waals surface area contributed by atoms with E-state index in [0.717, 1.165) is 180 Å². The monoisotopic (exact) mass is 1340 g/mol. The van der Waals surface area contributed by atoms with Crippen LogP contribution in [0.15, 0.2) is 97.2 Å². The number of carbonyl (C=O) groups excluding carboxylic acids is 5. The zero-order valence-corrected chi connectivity index (χ0v) is 62.5. The van der Waals surface area contributed by atoms with Gasteiger partial charge in [-0.1, -0.05) is 253 Å².